The van der Waals surface area contributed by atoms with Crippen molar-refractivity contribution in [2.24, 2.45) is 0 Å². The number of aliphatic carboxylic acids is 1. The number of carboxylic acids is 1. The van der Waals surface area contributed by atoms with Crippen LogP contribution in [0.15, 0.2) is 60.8 Å². The van der Waals surface area contributed by atoms with Gasteiger partial charge in [0.15, 0.2) is 5.82 Å². The van der Waals surface area contributed by atoms with Crippen LogP contribution < -0.4 is 5.32 Å². The zero-order valence-electron chi connectivity index (χ0n) is 15.6. The van der Waals surface area contributed by atoms with Crippen molar-refractivity contribution in [1.29, 1.82) is 0 Å². The third kappa shape index (κ3) is 4.50. The summed E-state index contributed by atoms with van der Waals surface area (Å²) >= 11 is 0. The fraction of sp³-hybridized carbons (Fsp3) is 0.143. The minimum Gasteiger partial charge on any atom is -0.481 e. The summed E-state index contributed by atoms with van der Waals surface area (Å²) in [5, 5.41) is 12.0. The molecule has 28 heavy (non-hydrogen) atoms. The van der Waals surface area contributed by atoms with Gasteiger partial charge >= 0.3 is 5.97 Å². The van der Waals surface area contributed by atoms with Gasteiger partial charge in [-0.25, -0.2) is 9.97 Å². The van der Waals surface area contributed by atoms with Gasteiger partial charge in [-0.1, -0.05) is 42.5 Å². The van der Waals surface area contributed by atoms with Crippen molar-refractivity contribution in [3.63, 3.8) is 0 Å². The fourth-order valence-electron chi connectivity index (χ4n) is 2.62. The molecule has 3 aromatic rings. The van der Waals surface area contributed by atoms with E-state index >= 15 is 0 Å². The standard InChI is InChI=1S/C21H20N4O3/c1-25(2)21(28)17-13-22-19(15-6-4-3-5-7-15)24-20(17)23-16-10-8-14(9-11-16)12-18(26)27/h3-11,13H,12H2,1-2H3,(H,26,27)(H,22,23,24). The van der Waals surface area contributed by atoms with Gasteiger partial charge in [-0.2, -0.15) is 0 Å². The number of rotatable bonds is 6. The number of carboxylic acid groups (broad SMARTS) is 1. The number of carbonyl (C=O) groups excluding carboxylic acids is 1. The van der Waals surface area contributed by atoms with Crippen molar-refractivity contribution >= 4 is 23.4 Å². The lowest BCUT2D eigenvalue weighted by Gasteiger charge is -2.15. The van der Waals surface area contributed by atoms with E-state index in [4.69, 9.17) is 5.11 Å². The first-order valence-corrected chi connectivity index (χ1v) is 8.66. The summed E-state index contributed by atoms with van der Waals surface area (Å²) in [5.74, 6) is -0.216. The van der Waals surface area contributed by atoms with Crippen LogP contribution in [0.2, 0.25) is 0 Å². The van der Waals surface area contributed by atoms with E-state index in [-0.39, 0.29) is 12.3 Å². The predicted molar refractivity (Wildman–Crippen MR) is 107 cm³/mol. The Hall–Kier alpha value is -3.74. The van der Waals surface area contributed by atoms with E-state index in [2.05, 4.69) is 15.3 Å². The highest BCUT2D eigenvalue weighted by atomic mass is 16.4. The van der Waals surface area contributed by atoms with Gasteiger partial charge in [0.05, 0.1) is 6.42 Å². The van der Waals surface area contributed by atoms with Crippen LogP contribution in [0, 0.1) is 0 Å². The molecule has 3 rings (SSSR count). The van der Waals surface area contributed by atoms with Gasteiger partial charge in [-0.05, 0) is 17.7 Å². The van der Waals surface area contributed by atoms with Gasteiger partial charge in [0.25, 0.3) is 5.91 Å². The summed E-state index contributed by atoms with van der Waals surface area (Å²) in [6, 6.07) is 16.5. The molecule has 7 nitrogen and oxygen atoms in total. The first kappa shape index (κ1) is 19.0. The summed E-state index contributed by atoms with van der Waals surface area (Å²) in [4.78, 5) is 33.7. The van der Waals surface area contributed by atoms with Crippen molar-refractivity contribution in [3.8, 4) is 11.4 Å². The largest absolute Gasteiger partial charge is 0.481 e. The molecular weight excluding hydrogens is 356 g/mol. The maximum Gasteiger partial charge on any atom is 0.307 e. The average molecular weight is 376 g/mol. The first-order valence-electron chi connectivity index (χ1n) is 8.66. The highest BCUT2D eigenvalue weighted by molar-refractivity contribution is 5.99. The van der Waals surface area contributed by atoms with Crippen molar-refractivity contribution in [1.82, 2.24) is 14.9 Å². The van der Waals surface area contributed by atoms with Gasteiger partial charge in [0, 0.05) is 31.5 Å². The molecule has 0 atom stereocenters. The van der Waals surface area contributed by atoms with Crippen molar-refractivity contribution in [2.75, 3.05) is 19.4 Å². The summed E-state index contributed by atoms with van der Waals surface area (Å²) in [5.41, 5.74) is 2.57. The molecule has 0 fully saturated rings. The quantitative estimate of drug-likeness (QED) is 0.686. The molecule has 0 saturated heterocycles. The number of nitrogens with zero attached hydrogens (tertiary/aromatic N) is 3. The maximum atomic E-state index is 12.5. The second-order valence-electron chi connectivity index (χ2n) is 6.41. The Morgan fingerprint density at radius 3 is 2.32 bits per heavy atom. The minimum absolute atomic E-state index is 0.0453. The molecule has 0 aliphatic heterocycles. The highest BCUT2D eigenvalue weighted by Crippen LogP contribution is 2.23. The Labute approximate surface area is 162 Å². The van der Waals surface area contributed by atoms with Crippen molar-refractivity contribution in [3.05, 3.63) is 71.9 Å². The van der Waals surface area contributed by atoms with Crippen LogP contribution in [-0.4, -0.2) is 45.9 Å². The summed E-state index contributed by atoms with van der Waals surface area (Å²) < 4.78 is 0. The number of nitrogens with one attached hydrogen (secondary N) is 1. The molecule has 0 aliphatic rings. The van der Waals surface area contributed by atoms with Crippen LogP contribution in [0.25, 0.3) is 11.4 Å². The van der Waals surface area contributed by atoms with Gasteiger partial charge in [0.2, 0.25) is 0 Å². The molecule has 0 bridgehead atoms. The van der Waals surface area contributed by atoms with Crippen molar-refractivity contribution < 1.29 is 14.7 Å². The third-order valence-electron chi connectivity index (χ3n) is 4.03. The Morgan fingerprint density at radius 2 is 1.71 bits per heavy atom. The van der Waals surface area contributed by atoms with E-state index < -0.39 is 5.97 Å². The van der Waals surface area contributed by atoms with E-state index in [9.17, 15) is 9.59 Å². The van der Waals surface area contributed by atoms with Gasteiger partial charge in [-0.15, -0.1) is 0 Å². The van der Waals surface area contributed by atoms with E-state index in [0.29, 0.717) is 28.5 Å². The molecule has 0 spiro atoms. The smallest absolute Gasteiger partial charge is 0.307 e. The zero-order chi connectivity index (χ0) is 20.1. The summed E-state index contributed by atoms with van der Waals surface area (Å²) in [6.45, 7) is 0. The second-order valence-corrected chi connectivity index (χ2v) is 6.41. The molecule has 1 aromatic heterocycles. The number of aromatic nitrogens is 2. The average Bonchev–Trinajstić information content (AvgIpc) is 2.69. The molecule has 1 amide bonds. The zero-order valence-corrected chi connectivity index (χ0v) is 15.6. The minimum atomic E-state index is -0.886. The molecule has 0 unspecified atom stereocenters. The molecule has 7 heteroatoms. The summed E-state index contributed by atoms with van der Waals surface area (Å²) in [7, 11) is 3.33. The number of carbonyl (C=O) groups is 2. The Balaban J connectivity index is 1.96. The first-order chi connectivity index (χ1) is 13.4. The lowest BCUT2D eigenvalue weighted by atomic mass is 10.1. The van der Waals surface area contributed by atoms with Crippen LogP contribution >= 0.6 is 0 Å². The number of amides is 1. The second kappa shape index (κ2) is 8.30. The van der Waals surface area contributed by atoms with Crippen LogP contribution in [0.1, 0.15) is 15.9 Å². The van der Waals surface area contributed by atoms with E-state index in [1.807, 2.05) is 30.3 Å². The van der Waals surface area contributed by atoms with Crippen LogP contribution in [-0.2, 0) is 11.2 Å². The van der Waals surface area contributed by atoms with Gasteiger partial charge in [-0.3, -0.25) is 9.59 Å². The number of anilines is 2. The topological polar surface area (TPSA) is 95.4 Å². The summed E-state index contributed by atoms with van der Waals surface area (Å²) in [6.07, 6.45) is 1.47. The third-order valence-corrected chi connectivity index (χ3v) is 4.03. The lowest BCUT2D eigenvalue weighted by Crippen LogP contribution is -2.23. The van der Waals surface area contributed by atoms with Gasteiger partial charge < -0.3 is 15.3 Å². The molecule has 0 radical (unpaired) electrons. The lowest BCUT2D eigenvalue weighted by molar-refractivity contribution is -0.136. The van der Waals surface area contributed by atoms with E-state index in [1.165, 1.54) is 11.1 Å². The maximum absolute atomic E-state index is 12.5. The monoisotopic (exact) mass is 376 g/mol. The Bertz CT molecular complexity index is 986. The van der Waals surface area contributed by atoms with Crippen LogP contribution in [0.5, 0.6) is 0 Å². The molecule has 2 aromatic carbocycles. The number of hydrogen-bond acceptors (Lipinski definition) is 5. The van der Waals surface area contributed by atoms with Crippen molar-refractivity contribution in [2.45, 2.75) is 6.42 Å². The predicted octanol–water partition coefficient (Wildman–Crippen LogP) is 3.22. The molecule has 0 saturated carbocycles. The normalized spacial score (nSPS) is 10.4. The molecule has 142 valence electrons. The van der Waals surface area contributed by atoms with E-state index in [1.54, 1.807) is 38.4 Å². The number of benzene rings is 2. The SMILES string of the molecule is CN(C)C(=O)c1cnc(-c2ccccc2)nc1Nc1ccc(CC(=O)O)cc1. The molecule has 2 N–H and O–H groups in total. The molecule has 0 aliphatic carbocycles. The number of hydrogen-bond donors (Lipinski definition) is 2. The van der Waals surface area contributed by atoms with E-state index in [0.717, 1.165) is 5.56 Å². The van der Waals surface area contributed by atoms with Gasteiger partial charge in [0.1, 0.15) is 11.4 Å². The molecular formula is C21H20N4O3. The highest BCUT2D eigenvalue weighted by Gasteiger charge is 2.17. The Kier molecular flexibility index (Phi) is 5.64. The molecule has 1 heterocycles. The van der Waals surface area contributed by atoms with Crippen LogP contribution in [0.3, 0.4) is 0 Å². The van der Waals surface area contributed by atoms with Crippen LogP contribution in [0.4, 0.5) is 11.5 Å². The fourth-order valence-corrected chi connectivity index (χ4v) is 2.62. The Morgan fingerprint density at radius 1 is 1.04 bits per heavy atom.